The summed E-state index contributed by atoms with van der Waals surface area (Å²) in [7, 11) is 0. The Morgan fingerprint density at radius 2 is 1.81 bits per heavy atom. The number of allylic oxidation sites excluding steroid dienone is 1. The lowest BCUT2D eigenvalue weighted by molar-refractivity contribution is -0.250. The van der Waals surface area contributed by atoms with Gasteiger partial charge in [-0.15, -0.1) is 53.6 Å². The van der Waals surface area contributed by atoms with Gasteiger partial charge in [0.25, 0.3) is 17.7 Å². The van der Waals surface area contributed by atoms with Crippen LogP contribution >= 0.6 is 34.9 Å². The number of esters is 2. The molecule has 336 valence electrons. The second kappa shape index (κ2) is 17.8. The summed E-state index contributed by atoms with van der Waals surface area (Å²) in [5.41, 5.74) is 8.56. The summed E-state index contributed by atoms with van der Waals surface area (Å²) in [6.07, 6.45) is -2.51. The number of aliphatic carboxylic acids is 1. The maximum atomic E-state index is 13.7. The third kappa shape index (κ3) is 10.1. The summed E-state index contributed by atoms with van der Waals surface area (Å²) in [6, 6.07) is 2.37. The van der Waals surface area contributed by atoms with Crippen molar-refractivity contribution in [2.45, 2.75) is 57.9 Å². The number of aromatic nitrogens is 1. The van der Waals surface area contributed by atoms with Crippen LogP contribution < -0.4 is 36.9 Å². The van der Waals surface area contributed by atoms with E-state index in [1.165, 1.54) is 42.3 Å². The lowest BCUT2D eigenvalue weighted by Gasteiger charge is -2.53. The van der Waals surface area contributed by atoms with Gasteiger partial charge in [-0.1, -0.05) is 5.16 Å². The molecule has 7 N–H and O–H groups in total. The number of hydrogen-bond donors (Lipinski definition) is 6. The van der Waals surface area contributed by atoms with Crippen molar-refractivity contribution in [3.8, 4) is 11.5 Å². The number of nitrogens with two attached hydrogens (primary N) is 1. The van der Waals surface area contributed by atoms with Crippen molar-refractivity contribution in [1.82, 2.24) is 41.6 Å². The Morgan fingerprint density at radius 3 is 2.44 bits per heavy atom. The lowest BCUT2D eigenvalue weighted by atomic mass is 9.89. The summed E-state index contributed by atoms with van der Waals surface area (Å²) in [5.74, 6) is -6.78. The number of hydrazine groups is 3. The van der Waals surface area contributed by atoms with E-state index >= 15 is 0 Å². The van der Waals surface area contributed by atoms with Gasteiger partial charge in [-0.05, 0) is 45.0 Å². The van der Waals surface area contributed by atoms with Crippen LogP contribution in [-0.2, 0) is 33.6 Å². The van der Waals surface area contributed by atoms with Crippen molar-refractivity contribution in [2.75, 3.05) is 23.8 Å². The van der Waals surface area contributed by atoms with Crippen LogP contribution in [0.5, 0.6) is 11.5 Å². The number of thiazole rings is 1. The number of anilines is 1. The van der Waals surface area contributed by atoms with Crippen LogP contribution in [0.4, 0.5) is 18.3 Å². The number of nitrogens with one attached hydrogen (secondary N) is 4. The number of benzene rings is 1. The molecule has 2 saturated heterocycles. The van der Waals surface area contributed by atoms with E-state index in [0.29, 0.717) is 5.71 Å². The molecule has 4 amide bonds. The van der Waals surface area contributed by atoms with Crippen LogP contribution in [0.3, 0.4) is 0 Å². The normalized spacial score (nSPS) is 20.8. The molecule has 0 bridgehead atoms. The van der Waals surface area contributed by atoms with Gasteiger partial charge in [-0.2, -0.15) is 0 Å². The fourth-order valence-corrected chi connectivity index (χ4v) is 9.36. The van der Waals surface area contributed by atoms with E-state index in [2.05, 4.69) is 36.8 Å². The monoisotopic (exact) mass is 939 g/mol. The highest BCUT2D eigenvalue weighted by Gasteiger charge is 2.58. The van der Waals surface area contributed by atoms with Crippen molar-refractivity contribution < 1.29 is 66.2 Å². The molecule has 1 aromatic carbocycles. The number of oxime groups is 1. The molecule has 0 spiro atoms. The number of rotatable bonds is 13. The van der Waals surface area contributed by atoms with E-state index < -0.39 is 76.0 Å². The predicted octanol–water partition coefficient (Wildman–Crippen LogP) is 1.41. The number of β-lactam (4-membered cyclic amide) rings is 1. The van der Waals surface area contributed by atoms with Crippen LogP contribution in [0.15, 0.2) is 56.9 Å². The van der Waals surface area contributed by atoms with Gasteiger partial charge in [-0.25, -0.2) is 20.0 Å². The molecule has 0 radical (unpaired) electrons. The van der Waals surface area contributed by atoms with Gasteiger partial charge in [0.1, 0.15) is 22.5 Å². The van der Waals surface area contributed by atoms with E-state index in [9.17, 15) is 51.8 Å². The van der Waals surface area contributed by atoms with E-state index in [4.69, 9.17) is 20.0 Å². The maximum absolute atomic E-state index is 13.7. The zero-order valence-electron chi connectivity index (χ0n) is 33.4. The van der Waals surface area contributed by atoms with Gasteiger partial charge in [0.2, 0.25) is 11.5 Å². The minimum absolute atomic E-state index is 0.0384. The lowest BCUT2D eigenvalue weighted by Crippen LogP contribution is -2.74. The first-order valence-corrected chi connectivity index (χ1v) is 21.0. The molecule has 28 heteroatoms. The van der Waals surface area contributed by atoms with Crippen molar-refractivity contribution in [3.05, 3.63) is 58.0 Å². The molecule has 6 rings (SSSR count). The summed E-state index contributed by atoms with van der Waals surface area (Å²) in [4.78, 5) is 104. The first-order chi connectivity index (χ1) is 29.5. The van der Waals surface area contributed by atoms with E-state index in [1.807, 2.05) is 0 Å². The topological polar surface area (TPSA) is 289 Å². The third-order valence-corrected chi connectivity index (χ3v) is 12.6. The predicted molar refractivity (Wildman–Crippen MR) is 217 cm³/mol. The highest BCUT2D eigenvalue weighted by molar-refractivity contribution is 8.03. The Balaban J connectivity index is 1.09. The number of ether oxygens (including phenoxy) is 2. The van der Waals surface area contributed by atoms with Crippen LogP contribution in [0, 0.1) is 5.41 Å². The molecular weight excluding hydrogens is 904 g/mol. The molecule has 4 aliphatic rings. The minimum atomic E-state index is -4.76. The number of aliphatic imine (C=N–C) groups is 1. The number of amides is 4. The van der Waals surface area contributed by atoms with Crippen LogP contribution in [-0.4, -0.2) is 119 Å². The average molecular weight is 940 g/mol. The first-order valence-electron chi connectivity index (χ1n) is 18.1. The van der Waals surface area contributed by atoms with E-state index in [-0.39, 0.29) is 61.8 Å². The Labute approximate surface area is 366 Å². The standard InChI is InChI=1S/C35H36F3N11O11S3/c1-15-8-23(49-22(40-15)10-48(46-49)35(36,37)38)62-13-34(31(56)57)12-47-28(54)25(29(47)63-14-34)42-27(53)24(19-11-61-32(39)41-19)45-60-33(4,5)30(55)44-43-26(52)18-6-7-20(58-16(2)50)21(9-18)59-17(3)51/h6-11,25,29,46H,12-14H2,1-5H3,(H2,39,41)(H,42,53)(H,43,52)(H,44,55)(H,56,57)/t25?,29-,34?/m1/s1. The number of carboxylic acid groups (broad SMARTS) is 1. The number of fused-ring (bicyclic) bond motifs is 2. The fourth-order valence-electron chi connectivity index (χ4n) is 5.88. The molecule has 5 heterocycles. The van der Waals surface area contributed by atoms with E-state index in [1.54, 1.807) is 6.92 Å². The zero-order valence-corrected chi connectivity index (χ0v) is 35.8. The number of thioether (sulfide) groups is 2. The Bertz CT molecular complexity index is 2410. The van der Waals surface area contributed by atoms with Crippen molar-refractivity contribution in [2.24, 2.45) is 15.6 Å². The third-order valence-electron chi connectivity index (χ3n) is 9.07. The average Bonchev–Trinajstić information content (AvgIpc) is 3.84. The van der Waals surface area contributed by atoms with Crippen molar-refractivity contribution in [3.63, 3.8) is 0 Å². The van der Waals surface area contributed by atoms with Crippen LogP contribution in [0.1, 0.15) is 50.7 Å². The minimum Gasteiger partial charge on any atom is -0.481 e. The Hall–Kier alpha value is -6.39. The molecule has 2 aromatic rings. The zero-order chi connectivity index (χ0) is 46.2. The number of alkyl halides is 3. The van der Waals surface area contributed by atoms with Gasteiger partial charge in [0.05, 0.1) is 11.2 Å². The van der Waals surface area contributed by atoms with Gasteiger partial charge in [0, 0.05) is 48.6 Å². The second-order valence-electron chi connectivity index (χ2n) is 14.4. The molecule has 4 aliphatic heterocycles. The summed E-state index contributed by atoms with van der Waals surface area (Å²) < 4.78 is 50.2. The summed E-state index contributed by atoms with van der Waals surface area (Å²) >= 11 is 3.00. The molecule has 0 saturated carbocycles. The highest BCUT2D eigenvalue weighted by atomic mass is 32.2. The number of hydrogen-bond acceptors (Lipinski definition) is 20. The van der Waals surface area contributed by atoms with Gasteiger partial charge in [0.15, 0.2) is 28.2 Å². The van der Waals surface area contributed by atoms with E-state index in [0.717, 1.165) is 66.0 Å². The number of carbonyl (C=O) groups excluding carboxylic acids is 6. The maximum Gasteiger partial charge on any atom is 0.500 e. The highest BCUT2D eigenvalue weighted by Crippen LogP contribution is 2.45. The van der Waals surface area contributed by atoms with Gasteiger partial charge >= 0.3 is 24.2 Å². The molecule has 1 aromatic heterocycles. The Morgan fingerprint density at radius 1 is 1.11 bits per heavy atom. The summed E-state index contributed by atoms with van der Waals surface area (Å²) in [6.45, 7) is 6.02. The molecule has 22 nitrogen and oxygen atoms in total. The molecule has 63 heavy (non-hydrogen) atoms. The Kier molecular flexibility index (Phi) is 13.0. The quantitative estimate of drug-likeness (QED) is 0.0413. The number of nitrogen functional groups attached to an aromatic ring is 1. The molecule has 2 fully saturated rings. The van der Waals surface area contributed by atoms with Crippen molar-refractivity contribution >= 4 is 93.0 Å². The van der Waals surface area contributed by atoms with Gasteiger partial charge in [-0.3, -0.25) is 44.4 Å². The number of halogens is 3. The van der Waals surface area contributed by atoms with Crippen molar-refractivity contribution in [1.29, 1.82) is 0 Å². The molecule has 3 atom stereocenters. The number of carboxylic acids is 1. The summed E-state index contributed by atoms with van der Waals surface area (Å²) in [5, 5.41) is 18.8. The number of nitrogens with zero attached hydrogens (tertiary/aromatic N) is 6. The van der Waals surface area contributed by atoms with Gasteiger partial charge < -0.3 is 35.4 Å². The SMILES string of the molecule is CC(=O)Oc1ccc(C(=O)NNC(=O)C(C)(C)ON=C(C(=O)NC2C(=O)N3CC(CSC4=CC(C)=NC5=CN(C(F)(F)F)NN54)(C(=O)O)CS[C@H]23)c2csc(N)n2)cc1OC(C)=O. The smallest absolute Gasteiger partial charge is 0.481 e. The second-order valence-corrected chi connectivity index (χ2v) is 17.3. The fraction of sp³-hybridized carbons (Fsp3) is 0.371. The van der Waals surface area contributed by atoms with Crippen LogP contribution in [0.2, 0.25) is 0 Å². The van der Waals surface area contributed by atoms with Crippen LogP contribution in [0.25, 0.3) is 0 Å². The number of carbonyl (C=O) groups is 7. The largest absolute Gasteiger partial charge is 0.500 e. The molecule has 0 aliphatic carbocycles. The first kappa shape index (κ1) is 46.1. The molecule has 2 unspecified atom stereocenters. The molecular formula is C35H36F3N11O11S3.